The maximum absolute atomic E-state index is 12.5. The third kappa shape index (κ3) is 75.9. The van der Waals surface area contributed by atoms with Crippen LogP contribution < -0.4 is 5.32 Å². The number of rotatable bonds is 81. The van der Waals surface area contributed by atoms with Gasteiger partial charge in [-0.2, -0.15) is 0 Å². The lowest BCUT2D eigenvalue weighted by Gasteiger charge is -2.22. The summed E-state index contributed by atoms with van der Waals surface area (Å²) in [6, 6.07) is -0.536. The summed E-state index contributed by atoms with van der Waals surface area (Å²) in [6.07, 6.45) is 101. The number of nitrogens with one attached hydrogen (secondary N) is 1. The van der Waals surface area contributed by atoms with Gasteiger partial charge in [-0.1, -0.05) is 463 Å². The molecule has 0 heterocycles. The summed E-state index contributed by atoms with van der Waals surface area (Å²) in [6.45, 7) is 5.02. The minimum absolute atomic E-state index is 0.0240. The second-order valence-corrected chi connectivity index (χ2v) is 29.5. The van der Waals surface area contributed by atoms with E-state index in [2.05, 4.69) is 19.2 Å². The Kier molecular flexibility index (Phi) is 79.3. The van der Waals surface area contributed by atoms with Crippen molar-refractivity contribution in [2.75, 3.05) is 13.2 Å². The molecular weight excluding hydrogens is 1100 g/mol. The van der Waals surface area contributed by atoms with Gasteiger partial charge >= 0.3 is 5.97 Å². The van der Waals surface area contributed by atoms with Crippen LogP contribution in [0, 0.1) is 0 Å². The Morgan fingerprint density at radius 1 is 0.267 bits per heavy atom. The number of ether oxygens (including phenoxy) is 1. The summed E-state index contributed by atoms with van der Waals surface area (Å²) in [5.41, 5.74) is 0. The zero-order valence-electron chi connectivity index (χ0n) is 61.9. The van der Waals surface area contributed by atoms with E-state index in [0.29, 0.717) is 25.9 Å². The van der Waals surface area contributed by atoms with E-state index in [-0.39, 0.29) is 18.5 Å². The third-order valence-electron chi connectivity index (χ3n) is 20.4. The van der Waals surface area contributed by atoms with E-state index < -0.39 is 12.1 Å². The van der Waals surface area contributed by atoms with E-state index in [1.165, 1.54) is 430 Å². The average Bonchev–Trinajstić information content (AvgIpc) is 3.72. The first-order chi connectivity index (χ1) is 44.5. The molecule has 0 aliphatic heterocycles. The first kappa shape index (κ1) is 88.9. The zero-order chi connectivity index (χ0) is 64.9. The number of hydrogen-bond donors (Lipinski definition) is 3. The molecule has 90 heavy (non-hydrogen) atoms. The van der Waals surface area contributed by atoms with Gasteiger partial charge in [0, 0.05) is 12.8 Å². The minimum atomic E-state index is -0.659. The number of aliphatic hydroxyl groups is 2. The molecule has 0 aromatic heterocycles. The molecule has 0 fully saturated rings. The van der Waals surface area contributed by atoms with Crippen molar-refractivity contribution in [2.45, 2.75) is 514 Å². The van der Waals surface area contributed by atoms with Gasteiger partial charge in [0.2, 0.25) is 5.91 Å². The fourth-order valence-corrected chi connectivity index (χ4v) is 14.0. The predicted molar refractivity (Wildman–Crippen MR) is 398 cm³/mol. The smallest absolute Gasteiger partial charge is 0.305 e. The van der Waals surface area contributed by atoms with Crippen LogP contribution in [0.1, 0.15) is 502 Å². The minimum Gasteiger partial charge on any atom is -0.466 e. The molecule has 0 aromatic carbocycles. The lowest BCUT2D eigenvalue weighted by molar-refractivity contribution is -0.143. The Labute approximate surface area is 566 Å². The molecule has 2 unspecified atom stereocenters. The molecule has 0 aromatic rings. The predicted octanol–water partition coefficient (Wildman–Crippen LogP) is 28.1. The molecular formula is C84H167NO5. The number of amides is 1. The fourth-order valence-electron chi connectivity index (χ4n) is 14.0. The summed E-state index contributed by atoms with van der Waals surface area (Å²) in [4.78, 5) is 24.7. The van der Waals surface area contributed by atoms with Crippen molar-refractivity contribution in [3.05, 3.63) is 0 Å². The largest absolute Gasteiger partial charge is 0.466 e. The first-order valence-corrected chi connectivity index (χ1v) is 42.3. The number of hydrogen-bond acceptors (Lipinski definition) is 5. The third-order valence-corrected chi connectivity index (χ3v) is 20.4. The highest BCUT2D eigenvalue weighted by atomic mass is 16.5. The van der Waals surface area contributed by atoms with E-state index in [9.17, 15) is 19.8 Å². The molecule has 2 atom stereocenters. The summed E-state index contributed by atoms with van der Waals surface area (Å²) >= 11 is 0. The molecule has 1 amide bonds. The average molecular weight is 1270 g/mol. The number of aliphatic hydroxyl groups excluding tert-OH is 2. The van der Waals surface area contributed by atoms with E-state index in [1.807, 2.05) is 0 Å². The van der Waals surface area contributed by atoms with Crippen LogP contribution in [0.15, 0.2) is 0 Å². The molecule has 0 saturated heterocycles. The standard InChI is InChI=1S/C84H167NO5/c1-3-5-7-9-11-13-15-17-19-21-46-50-54-58-62-66-70-74-78-84(89)90-79-75-71-67-63-59-55-51-47-44-42-40-38-36-34-32-30-28-26-24-22-23-25-27-29-31-33-35-37-39-41-43-45-49-53-57-61-65-69-73-77-83(88)85-81(80-86)82(87)76-72-68-64-60-56-52-48-20-18-16-14-12-10-8-6-4-2/h81-82,86-87H,3-80H2,1-2H3,(H,85,88). The van der Waals surface area contributed by atoms with Gasteiger partial charge in [-0.25, -0.2) is 0 Å². The summed E-state index contributed by atoms with van der Waals surface area (Å²) in [7, 11) is 0. The van der Waals surface area contributed by atoms with Crippen molar-refractivity contribution in [3.8, 4) is 0 Å². The molecule has 3 N–H and O–H groups in total. The molecule has 0 rings (SSSR count). The van der Waals surface area contributed by atoms with Gasteiger partial charge in [-0.3, -0.25) is 9.59 Å². The second kappa shape index (κ2) is 80.3. The molecule has 6 nitrogen and oxygen atoms in total. The van der Waals surface area contributed by atoms with Crippen LogP contribution in [-0.2, 0) is 14.3 Å². The highest BCUT2D eigenvalue weighted by Gasteiger charge is 2.20. The number of carbonyl (C=O) groups excluding carboxylic acids is 2. The van der Waals surface area contributed by atoms with Crippen molar-refractivity contribution in [1.82, 2.24) is 5.32 Å². The van der Waals surface area contributed by atoms with E-state index in [1.54, 1.807) is 0 Å². The molecule has 538 valence electrons. The van der Waals surface area contributed by atoms with E-state index >= 15 is 0 Å². The zero-order valence-corrected chi connectivity index (χ0v) is 61.9. The summed E-state index contributed by atoms with van der Waals surface area (Å²) in [5, 5.41) is 23.4. The van der Waals surface area contributed by atoms with Crippen LogP contribution in [0.5, 0.6) is 0 Å². The summed E-state index contributed by atoms with van der Waals surface area (Å²) in [5.74, 6) is 0.00607. The highest BCUT2D eigenvalue weighted by molar-refractivity contribution is 5.76. The molecule has 0 saturated carbocycles. The van der Waals surface area contributed by atoms with Crippen molar-refractivity contribution in [1.29, 1.82) is 0 Å². The lowest BCUT2D eigenvalue weighted by atomic mass is 10.0. The Bertz CT molecular complexity index is 1320. The monoisotopic (exact) mass is 1270 g/mol. The van der Waals surface area contributed by atoms with Crippen LogP contribution in [0.3, 0.4) is 0 Å². The summed E-state index contributed by atoms with van der Waals surface area (Å²) < 4.78 is 5.52. The molecule has 0 aliphatic rings. The van der Waals surface area contributed by atoms with Gasteiger partial charge in [0.05, 0.1) is 25.4 Å². The van der Waals surface area contributed by atoms with Crippen molar-refractivity contribution in [2.24, 2.45) is 0 Å². The molecule has 0 aliphatic carbocycles. The highest BCUT2D eigenvalue weighted by Crippen LogP contribution is 2.21. The normalized spacial score (nSPS) is 12.4. The first-order valence-electron chi connectivity index (χ1n) is 42.3. The maximum Gasteiger partial charge on any atom is 0.305 e. The van der Waals surface area contributed by atoms with Crippen molar-refractivity contribution >= 4 is 11.9 Å². The van der Waals surface area contributed by atoms with Crippen LogP contribution in [-0.4, -0.2) is 47.4 Å². The van der Waals surface area contributed by atoms with Crippen LogP contribution >= 0.6 is 0 Å². The lowest BCUT2D eigenvalue weighted by Crippen LogP contribution is -2.45. The number of carbonyl (C=O) groups is 2. The Morgan fingerprint density at radius 3 is 0.678 bits per heavy atom. The Morgan fingerprint density at radius 2 is 0.456 bits per heavy atom. The molecule has 0 spiro atoms. The van der Waals surface area contributed by atoms with E-state index in [0.717, 1.165) is 38.5 Å². The van der Waals surface area contributed by atoms with Crippen molar-refractivity contribution in [3.63, 3.8) is 0 Å². The van der Waals surface area contributed by atoms with Gasteiger partial charge in [0.25, 0.3) is 0 Å². The topological polar surface area (TPSA) is 95.9 Å². The fraction of sp³-hybridized carbons (Fsp3) is 0.976. The molecule has 6 heteroatoms. The molecule has 0 radical (unpaired) electrons. The van der Waals surface area contributed by atoms with Gasteiger partial charge in [0.1, 0.15) is 0 Å². The Hall–Kier alpha value is -1.14. The quantitative estimate of drug-likeness (QED) is 0.0417. The SMILES string of the molecule is CCCCCCCCCCCCCCCCCCCCC(=O)OCCCCCCCCCCCCCCCCCCCCCCCCCCCCCCCCCCCCCCCCCC(=O)NC(CO)C(O)CCCCCCCCCCCCCCCCCC. The van der Waals surface area contributed by atoms with Gasteiger partial charge in [0.15, 0.2) is 0 Å². The van der Waals surface area contributed by atoms with Crippen LogP contribution in [0.4, 0.5) is 0 Å². The molecule has 0 bridgehead atoms. The Balaban J connectivity index is 3.27. The second-order valence-electron chi connectivity index (χ2n) is 29.5. The van der Waals surface area contributed by atoms with Crippen molar-refractivity contribution < 1.29 is 24.5 Å². The van der Waals surface area contributed by atoms with Crippen LogP contribution in [0.2, 0.25) is 0 Å². The van der Waals surface area contributed by atoms with E-state index in [4.69, 9.17) is 4.74 Å². The maximum atomic E-state index is 12.5. The van der Waals surface area contributed by atoms with Gasteiger partial charge < -0.3 is 20.3 Å². The van der Waals surface area contributed by atoms with Crippen LogP contribution in [0.25, 0.3) is 0 Å². The van der Waals surface area contributed by atoms with Gasteiger partial charge in [-0.05, 0) is 25.7 Å². The number of unbranched alkanes of at least 4 members (excludes halogenated alkanes) is 70. The van der Waals surface area contributed by atoms with Gasteiger partial charge in [-0.15, -0.1) is 0 Å². The number of esters is 1.